The van der Waals surface area contributed by atoms with E-state index in [-0.39, 0.29) is 23.7 Å². The molecule has 2 rings (SSSR count). The van der Waals surface area contributed by atoms with Crippen molar-refractivity contribution in [2.24, 2.45) is 0 Å². The van der Waals surface area contributed by atoms with Gasteiger partial charge < -0.3 is 4.74 Å². The third-order valence-electron chi connectivity index (χ3n) is 3.70. The Kier molecular flexibility index (Phi) is 4.29. The fourth-order valence-electron chi connectivity index (χ4n) is 2.81. The van der Waals surface area contributed by atoms with E-state index in [0.717, 1.165) is 12.8 Å². The summed E-state index contributed by atoms with van der Waals surface area (Å²) in [5.74, 6) is -0.0212. The van der Waals surface area contributed by atoms with Crippen LogP contribution in [0.25, 0.3) is 0 Å². The van der Waals surface area contributed by atoms with E-state index in [2.05, 4.69) is 11.4 Å². The summed E-state index contributed by atoms with van der Waals surface area (Å²) in [6, 6.07) is 7.75. The van der Waals surface area contributed by atoms with E-state index >= 15 is 0 Å². The SMILES string of the molecule is Cc1cccc(OC2CCC(C#N)(NC(C)C)C2)c1F. The Morgan fingerprint density at radius 3 is 2.90 bits per heavy atom. The standard InChI is InChI=1S/C16H21FN2O/c1-11(2)19-16(10-18)8-7-13(9-16)20-14-6-4-5-12(3)15(14)17/h4-6,11,13,19H,7-9H2,1-3H3. The Bertz CT molecular complexity index is 524. The molecule has 0 radical (unpaired) electrons. The number of hydrogen-bond donors (Lipinski definition) is 1. The fraction of sp³-hybridized carbons (Fsp3) is 0.562. The van der Waals surface area contributed by atoms with Crippen molar-refractivity contribution in [2.75, 3.05) is 0 Å². The van der Waals surface area contributed by atoms with Crippen molar-refractivity contribution < 1.29 is 9.13 Å². The number of benzene rings is 1. The van der Waals surface area contributed by atoms with Gasteiger partial charge in [0, 0.05) is 12.5 Å². The Labute approximate surface area is 119 Å². The van der Waals surface area contributed by atoms with Crippen LogP contribution in [0.4, 0.5) is 4.39 Å². The monoisotopic (exact) mass is 276 g/mol. The van der Waals surface area contributed by atoms with Crippen LogP contribution in [0.2, 0.25) is 0 Å². The van der Waals surface area contributed by atoms with Gasteiger partial charge in [0.15, 0.2) is 11.6 Å². The Balaban J connectivity index is 2.06. The van der Waals surface area contributed by atoms with Crippen LogP contribution in [-0.2, 0) is 0 Å². The molecule has 1 aromatic carbocycles. The Morgan fingerprint density at radius 2 is 2.25 bits per heavy atom. The van der Waals surface area contributed by atoms with Crippen molar-refractivity contribution in [3.8, 4) is 11.8 Å². The maximum Gasteiger partial charge on any atom is 0.167 e. The topological polar surface area (TPSA) is 45.0 Å². The Morgan fingerprint density at radius 1 is 1.50 bits per heavy atom. The second-order valence-electron chi connectivity index (χ2n) is 5.86. The number of hydrogen-bond acceptors (Lipinski definition) is 3. The van der Waals surface area contributed by atoms with Crippen LogP contribution in [-0.4, -0.2) is 17.7 Å². The molecule has 0 bridgehead atoms. The molecule has 3 nitrogen and oxygen atoms in total. The quantitative estimate of drug-likeness (QED) is 0.917. The number of nitrogens with zero attached hydrogens (tertiary/aromatic N) is 1. The molecule has 1 saturated carbocycles. The number of ether oxygens (including phenoxy) is 1. The maximum absolute atomic E-state index is 13.9. The van der Waals surface area contributed by atoms with Crippen LogP contribution in [0.3, 0.4) is 0 Å². The predicted molar refractivity (Wildman–Crippen MR) is 76.0 cm³/mol. The number of halogens is 1. The van der Waals surface area contributed by atoms with Crippen LogP contribution in [0.1, 0.15) is 38.7 Å². The van der Waals surface area contributed by atoms with Crippen molar-refractivity contribution in [3.63, 3.8) is 0 Å². The minimum absolute atomic E-state index is 0.114. The van der Waals surface area contributed by atoms with Crippen molar-refractivity contribution in [1.29, 1.82) is 5.26 Å². The highest BCUT2D eigenvalue weighted by molar-refractivity contribution is 5.30. The second-order valence-corrected chi connectivity index (χ2v) is 5.86. The van der Waals surface area contributed by atoms with Gasteiger partial charge in [0.25, 0.3) is 0 Å². The first-order chi connectivity index (χ1) is 9.46. The molecule has 2 unspecified atom stereocenters. The molecule has 0 spiro atoms. The molecule has 0 aliphatic heterocycles. The van der Waals surface area contributed by atoms with E-state index in [1.807, 2.05) is 13.8 Å². The minimum atomic E-state index is -0.543. The normalized spacial score (nSPS) is 25.7. The molecular formula is C16H21FN2O. The highest BCUT2D eigenvalue weighted by atomic mass is 19.1. The molecule has 20 heavy (non-hydrogen) atoms. The van der Waals surface area contributed by atoms with Crippen molar-refractivity contribution >= 4 is 0 Å². The number of aryl methyl sites for hydroxylation is 1. The van der Waals surface area contributed by atoms with E-state index < -0.39 is 5.54 Å². The van der Waals surface area contributed by atoms with Gasteiger partial charge in [-0.1, -0.05) is 12.1 Å². The molecule has 2 atom stereocenters. The summed E-state index contributed by atoms with van der Waals surface area (Å²) in [6.45, 7) is 5.76. The van der Waals surface area contributed by atoms with Crippen molar-refractivity contribution in [1.82, 2.24) is 5.32 Å². The van der Waals surface area contributed by atoms with E-state index in [1.165, 1.54) is 0 Å². The van der Waals surface area contributed by atoms with Crippen LogP contribution in [0, 0.1) is 24.1 Å². The van der Waals surface area contributed by atoms with Gasteiger partial charge in [0.1, 0.15) is 11.6 Å². The highest BCUT2D eigenvalue weighted by Crippen LogP contribution is 2.33. The lowest BCUT2D eigenvalue weighted by Gasteiger charge is -2.25. The average molecular weight is 276 g/mol. The number of nitriles is 1. The van der Waals surface area contributed by atoms with Gasteiger partial charge in [0.05, 0.1) is 6.07 Å². The van der Waals surface area contributed by atoms with Gasteiger partial charge in [-0.25, -0.2) is 4.39 Å². The van der Waals surface area contributed by atoms with E-state index in [4.69, 9.17) is 4.74 Å². The predicted octanol–water partition coefficient (Wildman–Crippen LogP) is 3.33. The van der Waals surface area contributed by atoms with E-state index in [0.29, 0.717) is 12.0 Å². The zero-order valence-corrected chi connectivity index (χ0v) is 12.2. The summed E-state index contributed by atoms with van der Waals surface area (Å²) in [6.07, 6.45) is 1.98. The molecule has 1 aliphatic carbocycles. The zero-order valence-electron chi connectivity index (χ0n) is 12.2. The van der Waals surface area contributed by atoms with Gasteiger partial charge in [0.2, 0.25) is 0 Å². The van der Waals surface area contributed by atoms with Gasteiger partial charge in [-0.15, -0.1) is 0 Å². The lowest BCUT2D eigenvalue weighted by atomic mass is 9.98. The zero-order chi connectivity index (χ0) is 14.8. The first-order valence-corrected chi connectivity index (χ1v) is 7.06. The summed E-state index contributed by atoms with van der Waals surface area (Å²) < 4.78 is 19.7. The molecule has 0 heterocycles. The molecule has 1 N–H and O–H groups in total. The van der Waals surface area contributed by atoms with Gasteiger partial charge in [-0.2, -0.15) is 5.26 Å². The maximum atomic E-state index is 13.9. The van der Waals surface area contributed by atoms with Gasteiger partial charge >= 0.3 is 0 Å². The lowest BCUT2D eigenvalue weighted by molar-refractivity contribution is 0.191. The summed E-state index contributed by atoms with van der Waals surface area (Å²) in [7, 11) is 0. The highest BCUT2D eigenvalue weighted by Gasteiger charge is 2.41. The van der Waals surface area contributed by atoms with Crippen LogP contribution in [0.15, 0.2) is 18.2 Å². The third-order valence-corrected chi connectivity index (χ3v) is 3.70. The van der Waals surface area contributed by atoms with Crippen LogP contribution in [0.5, 0.6) is 5.75 Å². The van der Waals surface area contributed by atoms with Crippen molar-refractivity contribution in [2.45, 2.75) is 57.7 Å². The summed E-state index contributed by atoms with van der Waals surface area (Å²) in [5.41, 5.74) is 0.0337. The van der Waals surface area contributed by atoms with Crippen LogP contribution >= 0.6 is 0 Å². The molecule has 0 aromatic heterocycles. The molecular weight excluding hydrogens is 255 g/mol. The molecule has 0 saturated heterocycles. The first kappa shape index (κ1) is 14.8. The molecule has 1 fully saturated rings. The summed E-state index contributed by atoms with van der Waals surface area (Å²) in [5, 5.41) is 12.7. The fourth-order valence-corrected chi connectivity index (χ4v) is 2.81. The first-order valence-electron chi connectivity index (χ1n) is 7.06. The number of nitrogens with one attached hydrogen (secondary N) is 1. The summed E-state index contributed by atoms with van der Waals surface area (Å²) >= 11 is 0. The van der Waals surface area contributed by atoms with Gasteiger partial charge in [-0.05, 0) is 45.2 Å². The van der Waals surface area contributed by atoms with Crippen molar-refractivity contribution in [3.05, 3.63) is 29.6 Å². The number of rotatable bonds is 4. The lowest BCUT2D eigenvalue weighted by Crippen LogP contribution is -2.46. The smallest absolute Gasteiger partial charge is 0.167 e. The second kappa shape index (κ2) is 5.80. The molecule has 108 valence electrons. The Hall–Kier alpha value is -1.60. The minimum Gasteiger partial charge on any atom is -0.487 e. The molecule has 1 aromatic rings. The molecule has 1 aliphatic rings. The molecule has 4 heteroatoms. The van der Waals surface area contributed by atoms with E-state index in [9.17, 15) is 9.65 Å². The average Bonchev–Trinajstić information content (AvgIpc) is 2.78. The molecule has 0 amide bonds. The largest absolute Gasteiger partial charge is 0.487 e. The van der Waals surface area contributed by atoms with Crippen LogP contribution < -0.4 is 10.1 Å². The van der Waals surface area contributed by atoms with E-state index in [1.54, 1.807) is 25.1 Å². The van der Waals surface area contributed by atoms with Gasteiger partial charge in [-0.3, -0.25) is 5.32 Å². The summed E-state index contributed by atoms with van der Waals surface area (Å²) in [4.78, 5) is 0. The third kappa shape index (κ3) is 3.10.